The molecule has 2 aromatic rings. The number of aromatic nitrogens is 3. The molecule has 7 heteroatoms. The van der Waals surface area contributed by atoms with Crippen LogP contribution in [0.5, 0.6) is 0 Å². The van der Waals surface area contributed by atoms with Crippen LogP contribution in [-0.4, -0.2) is 33.3 Å². The molecule has 0 N–H and O–H groups in total. The Morgan fingerprint density at radius 1 is 1.16 bits per heavy atom. The smallest absolute Gasteiger partial charge is 0.447 e. The van der Waals surface area contributed by atoms with Crippen molar-refractivity contribution in [2.24, 2.45) is 0 Å². The van der Waals surface area contributed by atoms with Crippen LogP contribution in [-0.2, 0) is 9.31 Å². The standard InChI is InChI=1S/C12H16BN3O3/c1-11(2)12(3,4)19-13(18-11)9-8-16(15-14-9)10-6-5-7-17-10/h5-8H,1-4H3. The van der Waals surface area contributed by atoms with Crippen molar-refractivity contribution in [3.8, 4) is 5.88 Å². The molecule has 0 bridgehead atoms. The lowest BCUT2D eigenvalue weighted by molar-refractivity contribution is 0.00578. The van der Waals surface area contributed by atoms with E-state index in [1.807, 2.05) is 33.8 Å². The van der Waals surface area contributed by atoms with Crippen molar-refractivity contribution in [3.63, 3.8) is 0 Å². The van der Waals surface area contributed by atoms with Gasteiger partial charge >= 0.3 is 7.12 Å². The van der Waals surface area contributed by atoms with E-state index in [4.69, 9.17) is 13.7 Å². The zero-order chi connectivity index (χ0) is 13.7. The highest BCUT2D eigenvalue weighted by atomic mass is 16.7. The average molecular weight is 261 g/mol. The van der Waals surface area contributed by atoms with E-state index in [2.05, 4.69) is 10.3 Å². The van der Waals surface area contributed by atoms with Crippen molar-refractivity contribution in [1.29, 1.82) is 0 Å². The molecule has 0 atom stereocenters. The fourth-order valence-corrected chi connectivity index (χ4v) is 1.86. The molecule has 0 unspecified atom stereocenters. The van der Waals surface area contributed by atoms with Gasteiger partial charge in [-0.05, 0) is 33.8 Å². The SMILES string of the molecule is CC1(C)OB(c2cn(-c3ccco3)nn2)OC1(C)C. The molecule has 0 amide bonds. The minimum absolute atomic E-state index is 0.383. The summed E-state index contributed by atoms with van der Waals surface area (Å²) < 4.78 is 18.6. The summed E-state index contributed by atoms with van der Waals surface area (Å²) in [5.74, 6) is 0.607. The van der Waals surface area contributed by atoms with Crippen molar-refractivity contribution in [2.45, 2.75) is 38.9 Å². The third kappa shape index (κ3) is 1.99. The minimum atomic E-state index is -0.506. The quantitative estimate of drug-likeness (QED) is 0.759. The van der Waals surface area contributed by atoms with Crippen molar-refractivity contribution < 1.29 is 13.7 Å². The first-order valence-electron chi connectivity index (χ1n) is 6.21. The molecule has 3 rings (SSSR count). The van der Waals surface area contributed by atoms with Gasteiger partial charge in [0, 0.05) is 6.07 Å². The molecule has 19 heavy (non-hydrogen) atoms. The van der Waals surface area contributed by atoms with Gasteiger partial charge in [0.05, 0.1) is 23.7 Å². The Hall–Kier alpha value is -1.60. The summed E-state index contributed by atoms with van der Waals surface area (Å²) >= 11 is 0. The molecule has 0 aromatic carbocycles. The van der Waals surface area contributed by atoms with Crippen molar-refractivity contribution in [1.82, 2.24) is 15.0 Å². The highest BCUT2D eigenvalue weighted by molar-refractivity contribution is 6.61. The number of rotatable bonds is 2. The Morgan fingerprint density at radius 3 is 2.42 bits per heavy atom. The molecule has 1 aliphatic heterocycles. The molecule has 2 aromatic heterocycles. The first kappa shape index (κ1) is 12.4. The summed E-state index contributed by atoms with van der Waals surface area (Å²) in [7, 11) is -0.506. The normalized spacial score (nSPS) is 20.9. The lowest BCUT2D eigenvalue weighted by Crippen LogP contribution is -2.41. The molecular formula is C12H16BN3O3. The zero-order valence-electron chi connectivity index (χ0n) is 11.5. The van der Waals surface area contributed by atoms with E-state index in [0.29, 0.717) is 11.5 Å². The monoisotopic (exact) mass is 261 g/mol. The Balaban J connectivity index is 1.85. The molecule has 6 nitrogen and oxygen atoms in total. The summed E-state index contributed by atoms with van der Waals surface area (Å²) in [4.78, 5) is 0. The maximum atomic E-state index is 5.91. The summed E-state index contributed by atoms with van der Waals surface area (Å²) in [6, 6.07) is 3.61. The fraction of sp³-hybridized carbons (Fsp3) is 0.500. The molecule has 1 aliphatic rings. The lowest BCUT2D eigenvalue weighted by Gasteiger charge is -2.32. The van der Waals surface area contributed by atoms with Crippen LogP contribution in [0.4, 0.5) is 0 Å². The molecule has 0 radical (unpaired) electrons. The van der Waals surface area contributed by atoms with Crippen molar-refractivity contribution >= 4 is 12.7 Å². The Kier molecular flexibility index (Phi) is 2.58. The van der Waals surface area contributed by atoms with Gasteiger partial charge in [-0.1, -0.05) is 5.21 Å². The van der Waals surface area contributed by atoms with E-state index in [1.54, 1.807) is 23.2 Å². The topological polar surface area (TPSA) is 62.3 Å². The third-order valence-electron chi connectivity index (χ3n) is 3.74. The van der Waals surface area contributed by atoms with E-state index in [-0.39, 0.29) is 11.2 Å². The summed E-state index contributed by atoms with van der Waals surface area (Å²) in [6.07, 6.45) is 3.34. The number of hydrogen-bond donors (Lipinski definition) is 0. The molecule has 3 heterocycles. The second-order valence-corrected chi connectivity index (χ2v) is 5.63. The number of nitrogens with zero attached hydrogens (tertiary/aromatic N) is 3. The van der Waals surface area contributed by atoms with Gasteiger partial charge in [0.1, 0.15) is 5.59 Å². The van der Waals surface area contributed by atoms with Crippen molar-refractivity contribution in [2.75, 3.05) is 0 Å². The first-order chi connectivity index (χ1) is 8.89. The lowest BCUT2D eigenvalue weighted by atomic mass is 9.86. The molecular weight excluding hydrogens is 245 g/mol. The van der Waals surface area contributed by atoms with Gasteiger partial charge in [0.15, 0.2) is 0 Å². The predicted octanol–water partition coefficient (Wildman–Crippen LogP) is 1.16. The van der Waals surface area contributed by atoms with Gasteiger partial charge in [-0.2, -0.15) is 4.68 Å². The van der Waals surface area contributed by atoms with Crippen LogP contribution >= 0.6 is 0 Å². The van der Waals surface area contributed by atoms with Crippen molar-refractivity contribution in [3.05, 3.63) is 24.6 Å². The molecule has 0 saturated carbocycles. The number of hydrogen-bond acceptors (Lipinski definition) is 5. The van der Waals surface area contributed by atoms with E-state index in [9.17, 15) is 0 Å². The highest BCUT2D eigenvalue weighted by Crippen LogP contribution is 2.36. The Morgan fingerprint density at radius 2 is 1.84 bits per heavy atom. The molecule has 1 saturated heterocycles. The maximum Gasteiger partial charge on any atom is 0.518 e. The van der Waals surface area contributed by atoms with E-state index < -0.39 is 7.12 Å². The maximum absolute atomic E-state index is 5.91. The summed E-state index contributed by atoms with van der Waals surface area (Å²) in [6.45, 7) is 8.02. The van der Waals surface area contributed by atoms with Gasteiger partial charge in [0.25, 0.3) is 0 Å². The predicted molar refractivity (Wildman–Crippen MR) is 69.3 cm³/mol. The van der Waals surface area contributed by atoms with Gasteiger partial charge in [0.2, 0.25) is 5.88 Å². The average Bonchev–Trinajstić information content (AvgIpc) is 3.00. The Labute approximate surface area is 111 Å². The zero-order valence-corrected chi connectivity index (χ0v) is 11.5. The van der Waals surface area contributed by atoms with E-state index >= 15 is 0 Å². The number of furan rings is 1. The van der Waals surface area contributed by atoms with Gasteiger partial charge in [-0.3, -0.25) is 0 Å². The molecule has 1 fully saturated rings. The van der Waals surface area contributed by atoms with Gasteiger partial charge in [-0.15, -0.1) is 5.10 Å². The second-order valence-electron chi connectivity index (χ2n) is 5.63. The fourth-order valence-electron chi connectivity index (χ4n) is 1.86. The summed E-state index contributed by atoms with van der Waals surface area (Å²) in [5, 5.41) is 8.10. The van der Waals surface area contributed by atoms with Crippen LogP contribution < -0.4 is 5.59 Å². The van der Waals surface area contributed by atoms with E-state index in [1.165, 1.54) is 0 Å². The second kappa shape index (κ2) is 3.95. The summed E-state index contributed by atoms with van der Waals surface area (Å²) in [5.41, 5.74) is -0.131. The van der Waals surface area contributed by atoms with Crippen LogP contribution in [0.1, 0.15) is 27.7 Å². The molecule has 100 valence electrons. The van der Waals surface area contributed by atoms with Gasteiger partial charge in [-0.25, -0.2) is 0 Å². The highest BCUT2D eigenvalue weighted by Gasteiger charge is 2.52. The first-order valence-corrected chi connectivity index (χ1v) is 6.21. The minimum Gasteiger partial charge on any atom is -0.447 e. The van der Waals surface area contributed by atoms with Crippen LogP contribution in [0.25, 0.3) is 5.88 Å². The van der Waals surface area contributed by atoms with Crippen LogP contribution in [0.15, 0.2) is 29.0 Å². The third-order valence-corrected chi connectivity index (χ3v) is 3.74. The molecule has 0 aliphatic carbocycles. The van der Waals surface area contributed by atoms with Gasteiger partial charge < -0.3 is 13.7 Å². The van der Waals surface area contributed by atoms with Crippen LogP contribution in [0.2, 0.25) is 0 Å². The largest absolute Gasteiger partial charge is 0.518 e. The van der Waals surface area contributed by atoms with E-state index in [0.717, 1.165) is 0 Å². The van der Waals surface area contributed by atoms with Crippen LogP contribution in [0, 0.1) is 0 Å². The Bertz CT molecular complexity index is 561. The molecule has 0 spiro atoms. The van der Waals surface area contributed by atoms with Crippen LogP contribution in [0.3, 0.4) is 0 Å².